The number of piperidine rings is 1. The summed E-state index contributed by atoms with van der Waals surface area (Å²) in [6.07, 6.45) is 3.42. The van der Waals surface area contributed by atoms with Crippen LogP contribution in [0.2, 0.25) is 0 Å². The predicted octanol–water partition coefficient (Wildman–Crippen LogP) is 2.04. The fourth-order valence-electron chi connectivity index (χ4n) is 2.59. The molecular weight excluding hydrogens is 215 g/mol. The van der Waals surface area contributed by atoms with E-state index in [9.17, 15) is 4.39 Å². The summed E-state index contributed by atoms with van der Waals surface area (Å²) in [5, 5.41) is 0. The van der Waals surface area contributed by atoms with E-state index in [1.807, 2.05) is 6.07 Å². The minimum absolute atomic E-state index is 0.122. The van der Waals surface area contributed by atoms with Crippen LogP contribution in [0.5, 0.6) is 0 Å². The Balaban J connectivity index is 1.82. The number of nitrogens with zero attached hydrogens (tertiary/aromatic N) is 1. The average molecular weight is 236 g/mol. The molecule has 0 saturated carbocycles. The summed E-state index contributed by atoms with van der Waals surface area (Å²) in [5.41, 5.74) is 6.68. The Bertz CT molecular complexity index is 346. The van der Waals surface area contributed by atoms with E-state index in [-0.39, 0.29) is 5.82 Å². The molecule has 1 aliphatic rings. The zero-order chi connectivity index (χ0) is 12.1. The van der Waals surface area contributed by atoms with E-state index in [1.165, 1.54) is 18.9 Å². The normalized spacial score (nSPS) is 18.5. The molecule has 0 bridgehead atoms. The Morgan fingerprint density at radius 2 is 2.06 bits per heavy atom. The largest absolute Gasteiger partial charge is 0.329 e. The van der Waals surface area contributed by atoms with Gasteiger partial charge in [0.25, 0.3) is 0 Å². The van der Waals surface area contributed by atoms with Crippen molar-refractivity contribution in [3.05, 3.63) is 35.6 Å². The Morgan fingerprint density at radius 1 is 1.29 bits per heavy atom. The van der Waals surface area contributed by atoms with Crippen LogP contribution in [0.15, 0.2) is 24.3 Å². The van der Waals surface area contributed by atoms with Crippen LogP contribution < -0.4 is 5.73 Å². The van der Waals surface area contributed by atoms with Crippen LogP contribution in [0.1, 0.15) is 18.4 Å². The maximum atomic E-state index is 13.1. The molecule has 1 saturated heterocycles. The summed E-state index contributed by atoms with van der Waals surface area (Å²) < 4.78 is 13.1. The smallest absolute Gasteiger partial charge is 0.123 e. The molecule has 3 heteroatoms. The highest BCUT2D eigenvalue weighted by molar-refractivity contribution is 5.16. The lowest BCUT2D eigenvalue weighted by Crippen LogP contribution is -2.37. The molecule has 0 radical (unpaired) electrons. The quantitative estimate of drug-likeness (QED) is 0.867. The molecule has 0 amide bonds. The molecule has 0 aromatic heterocycles. The summed E-state index contributed by atoms with van der Waals surface area (Å²) in [7, 11) is 0. The van der Waals surface area contributed by atoms with E-state index in [2.05, 4.69) is 4.90 Å². The van der Waals surface area contributed by atoms with Gasteiger partial charge in [0.05, 0.1) is 0 Å². The van der Waals surface area contributed by atoms with Crippen LogP contribution >= 0.6 is 0 Å². The third-order valence-corrected chi connectivity index (χ3v) is 3.57. The molecule has 17 heavy (non-hydrogen) atoms. The van der Waals surface area contributed by atoms with Gasteiger partial charge in [0.2, 0.25) is 0 Å². The van der Waals surface area contributed by atoms with Crippen molar-refractivity contribution in [3.8, 4) is 0 Å². The molecule has 0 atom stereocenters. The van der Waals surface area contributed by atoms with Gasteiger partial charge in [0, 0.05) is 13.1 Å². The molecule has 0 spiro atoms. The number of hydrogen-bond acceptors (Lipinski definition) is 2. The third kappa shape index (κ3) is 3.79. The lowest BCUT2D eigenvalue weighted by Gasteiger charge is -2.31. The summed E-state index contributed by atoms with van der Waals surface area (Å²) in [4.78, 5) is 2.42. The zero-order valence-corrected chi connectivity index (χ0v) is 10.2. The van der Waals surface area contributed by atoms with Crippen LogP contribution in [0.4, 0.5) is 4.39 Å². The highest BCUT2D eigenvalue weighted by Crippen LogP contribution is 2.21. The van der Waals surface area contributed by atoms with Gasteiger partial charge in [-0.25, -0.2) is 4.39 Å². The van der Waals surface area contributed by atoms with Crippen molar-refractivity contribution in [3.63, 3.8) is 0 Å². The van der Waals surface area contributed by atoms with Crippen molar-refractivity contribution in [2.75, 3.05) is 26.2 Å². The Morgan fingerprint density at radius 3 is 2.71 bits per heavy atom. The van der Waals surface area contributed by atoms with E-state index in [1.54, 1.807) is 12.1 Å². The first-order valence-electron chi connectivity index (χ1n) is 6.45. The van der Waals surface area contributed by atoms with Gasteiger partial charge >= 0.3 is 0 Å². The van der Waals surface area contributed by atoms with Crippen molar-refractivity contribution in [2.24, 2.45) is 11.7 Å². The molecule has 1 aromatic rings. The molecule has 1 fully saturated rings. The third-order valence-electron chi connectivity index (χ3n) is 3.57. The highest BCUT2D eigenvalue weighted by atomic mass is 19.1. The second-order valence-corrected chi connectivity index (χ2v) is 4.91. The number of likely N-dealkylation sites (tertiary alicyclic amines) is 1. The monoisotopic (exact) mass is 236 g/mol. The first kappa shape index (κ1) is 12.5. The van der Waals surface area contributed by atoms with E-state index < -0.39 is 0 Å². The van der Waals surface area contributed by atoms with E-state index in [4.69, 9.17) is 5.73 Å². The van der Waals surface area contributed by atoms with Gasteiger partial charge in [-0.2, -0.15) is 0 Å². The minimum atomic E-state index is -0.122. The van der Waals surface area contributed by atoms with Gasteiger partial charge < -0.3 is 10.6 Å². The fraction of sp³-hybridized carbons (Fsp3) is 0.571. The first-order valence-corrected chi connectivity index (χ1v) is 6.45. The summed E-state index contributed by atoms with van der Waals surface area (Å²) in [6.45, 7) is 4.02. The lowest BCUT2D eigenvalue weighted by atomic mass is 9.90. The molecule has 1 heterocycles. The molecule has 0 unspecified atom stereocenters. The van der Waals surface area contributed by atoms with Gasteiger partial charge in [-0.15, -0.1) is 0 Å². The highest BCUT2D eigenvalue weighted by Gasteiger charge is 2.18. The lowest BCUT2D eigenvalue weighted by molar-refractivity contribution is 0.188. The summed E-state index contributed by atoms with van der Waals surface area (Å²) >= 11 is 0. The molecule has 94 valence electrons. The van der Waals surface area contributed by atoms with Crippen LogP contribution in [0.25, 0.3) is 0 Å². The number of benzene rings is 1. The maximum Gasteiger partial charge on any atom is 0.123 e. The summed E-state index contributed by atoms with van der Waals surface area (Å²) in [5.74, 6) is 0.578. The van der Waals surface area contributed by atoms with Gasteiger partial charge in [0.15, 0.2) is 0 Å². The van der Waals surface area contributed by atoms with E-state index >= 15 is 0 Å². The molecule has 2 N–H and O–H groups in total. The van der Waals surface area contributed by atoms with E-state index in [0.29, 0.717) is 5.92 Å². The van der Waals surface area contributed by atoms with Crippen molar-refractivity contribution in [2.45, 2.75) is 19.3 Å². The van der Waals surface area contributed by atoms with Gasteiger partial charge in [0.1, 0.15) is 5.82 Å². The second kappa shape index (κ2) is 6.12. The van der Waals surface area contributed by atoms with Crippen LogP contribution in [0.3, 0.4) is 0 Å². The van der Waals surface area contributed by atoms with Crippen molar-refractivity contribution < 1.29 is 4.39 Å². The van der Waals surface area contributed by atoms with Crippen molar-refractivity contribution in [1.29, 1.82) is 0 Å². The molecule has 1 aliphatic heterocycles. The van der Waals surface area contributed by atoms with Crippen LogP contribution in [0, 0.1) is 11.7 Å². The number of nitrogens with two attached hydrogens (primary N) is 1. The topological polar surface area (TPSA) is 29.3 Å². The fourth-order valence-corrected chi connectivity index (χ4v) is 2.59. The molecule has 1 aromatic carbocycles. The number of halogens is 1. The van der Waals surface area contributed by atoms with Gasteiger partial charge in [-0.05, 0) is 56.0 Å². The molecule has 2 nitrogen and oxygen atoms in total. The maximum absolute atomic E-state index is 13.1. The molecular formula is C14H21FN2. The van der Waals surface area contributed by atoms with Crippen LogP contribution in [-0.4, -0.2) is 31.1 Å². The SMILES string of the molecule is NCCN1CCC(Cc2cccc(F)c2)CC1. The average Bonchev–Trinajstić information content (AvgIpc) is 2.32. The summed E-state index contributed by atoms with van der Waals surface area (Å²) in [6, 6.07) is 6.99. The number of hydrogen-bond donors (Lipinski definition) is 1. The zero-order valence-electron chi connectivity index (χ0n) is 10.2. The standard InChI is InChI=1S/C14H21FN2/c15-14-3-1-2-13(11-14)10-12-4-7-17(8-5-12)9-6-16/h1-3,11-12H,4-10,16H2. The minimum Gasteiger partial charge on any atom is -0.329 e. The van der Waals surface area contributed by atoms with Crippen molar-refractivity contribution >= 4 is 0 Å². The Hall–Kier alpha value is -0.930. The Labute approximate surface area is 103 Å². The molecule has 0 aliphatic carbocycles. The first-order chi connectivity index (χ1) is 8.28. The van der Waals surface area contributed by atoms with Crippen molar-refractivity contribution in [1.82, 2.24) is 4.90 Å². The van der Waals surface area contributed by atoms with Gasteiger partial charge in [-0.1, -0.05) is 12.1 Å². The Kier molecular flexibility index (Phi) is 4.51. The van der Waals surface area contributed by atoms with Crippen LogP contribution in [-0.2, 0) is 6.42 Å². The van der Waals surface area contributed by atoms with Gasteiger partial charge in [-0.3, -0.25) is 0 Å². The predicted molar refractivity (Wildman–Crippen MR) is 68.3 cm³/mol. The molecule has 2 rings (SSSR count). The second-order valence-electron chi connectivity index (χ2n) is 4.91. The van der Waals surface area contributed by atoms with E-state index in [0.717, 1.165) is 38.2 Å². The number of rotatable bonds is 4.